The van der Waals surface area contributed by atoms with Crippen LogP contribution in [0.25, 0.3) is 0 Å². The van der Waals surface area contributed by atoms with Crippen molar-refractivity contribution in [3.8, 4) is 0 Å². The Morgan fingerprint density at radius 3 is 2.39 bits per heavy atom. The summed E-state index contributed by atoms with van der Waals surface area (Å²) >= 11 is 6.12. The fraction of sp³-hybridized carbons (Fsp3) is 0.0909. The predicted molar refractivity (Wildman–Crippen MR) is 119 cm³/mol. The minimum absolute atomic E-state index is 0.0950. The molecule has 160 valence electrons. The molecule has 0 radical (unpaired) electrons. The first kappa shape index (κ1) is 22.3. The van der Waals surface area contributed by atoms with Crippen LogP contribution in [0, 0.1) is 6.92 Å². The lowest BCUT2D eigenvalue weighted by Gasteiger charge is -2.12. The summed E-state index contributed by atoms with van der Waals surface area (Å²) in [6.07, 6.45) is 0. The summed E-state index contributed by atoms with van der Waals surface area (Å²) in [6.45, 7) is 1.84. The third-order valence-electron chi connectivity index (χ3n) is 4.36. The number of carbonyl (C=O) groups excluding carboxylic acids is 2. The molecule has 9 heteroatoms. The first-order chi connectivity index (χ1) is 14.7. The maximum atomic E-state index is 12.8. The van der Waals surface area contributed by atoms with E-state index >= 15 is 0 Å². The summed E-state index contributed by atoms with van der Waals surface area (Å²) in [7, 11) is -2.75. The van der Waals surface area contributed by atoms with Gasteiger partial charge >= 0.3 is 5.97 Å². The molecule has 0 fully saturated rings. The minimum Gasteiger partial charge on any atom is -0.465 e. The molecular formula is C22H19ClN2O5S. The molecule has 3 aromatic rings. The number of halogens is 1. The van der Waals surface area contributed by atoms with E-state index in [1.807, 2.05) is 6.92 Å². The van der Waals surface area contributed by atoms with E-state index in [0.29, 0.717) is 0 Å². The van der Waals surface area contributed by atoms with Crippen molar-refractivity contribution in [1.29, 1.82) is 0 Å². The Labute approximate surface area is 185 Å². The lowest BCUT2D eigenvalue weighted by molar-refractivity contribution is 0.0602. The van der Waals surface area contributed by atoms with Crippen molar-refractivity contribution in [2.24, 2.45) is 0 Å². The number of esters is 1. The topological polar surface area (TPSA) is 102 Å². The van der Waals surface area contributed by atoms with Gasteiger partial charge in [-0.05, 0) is 55.0 Å². The number of hydrogen-bond acceptors (Lipinski definition) is 5. The largest absolute Gasteiger partial charge is 0.465 e. The minimum atomic E-state index is -3.99. The van der Waals surface area contributed by atoms with E-state index in [1.165, 1.54) is 37.4 Å². The van der Waals surface area contributed by atoms with Crippen molar-refractivity contribution in [1.82, 2.24) is 0 Å². The number of rotatable bonds is 6. The van der Waals surface area contributed by atoms with Gasteiger partial charge in [0.1, 0.15) is 0 Å². The van der Waals surface area contributed by atoms with Crippen molar-refractivity contribution < 1.29 is 22.7 Å². The van der Waals surface area contributed by atoms with E-state index in [2.05, 4.69) is 10.0 Å². The molecule has 0 aliphatic rings. The van der Waals surface area contributed by atoms with Gasteiger partial charge in [-0.3, -0.25) is 9.52 Å². The SMILES string of the molecule is COC(=O)c1ccccc1NC(=O)c1cccc(S(=O)(=O)Nc2ccc(C)cc2Cl)c1. The number of aryl methyl sites for hydroxylation is 1. The lowest BCUT2D eigenvalue weighted by atomic mass is 10.1. The van der Waals surface area contributed by atoms with E-state index in [9.17, 15) is 18.0 Å². The Morgan fingerprint density at radius 1 is 0.935 bits per heavy atom. The highest BCUT2D eigenvalue weighted by Gasteiger charge is 2.19. The van der Waals surface area contributed by atoms with Gasteiger partial charge in [0, 0.05) is 5.56 Å². The molecule has 0 aliphatic heterocycles. The monoisotopic (exact) mass is 458 g/mol. The molecule has 0 saturated carbocycles. The van der Waals surface area contributed by atoms with E-state index in [4.69, 9.17) is 16.3 Å². The molecule has 0 saturated heterocycles. The van der Waals surface area contributed by atoms with Gasteiger partial charge in [0.15, 0.2) is 0 Å². The number of amides is 1. The van der Waals surface area contributed by atoms with Gasteiger partial charge < -0.3 is 10.1 Å². The van der Waals surface area contributed by atoms with Crippen LogP contribution >= 0.6 is 11.6 Å². The molecule has 0 aliphatic carbocycles. The fourth-order valence-electron chi connectivity index (χ4n) is 2.79. The van der Waals surface area contributed by atoms with Crippen LogP contribution in [0.5, 0.6) is 0 Å². The van der Waals surface area contributed by atoms with Gasteiger partial charge in [-0.2, -0.15) is 0 Å². The number of carbonyl (C=O) groups is 2. The lowest BCUT2D eigenvalue weighted by Crippen LogP contribution is -2.17. The smallest absolute Gasteiger partial charge is 0.339 e. The van der Waals surface area contributed by atoms with E-state index < -0.39 is 21.9 Å². The molecule has 0 heterocycles. The van der Waals surface area contributed by atoms with Gasteiger partial charge in [0.25, 0.3) is 15.9 Å². The zero-order chi connectivity index (χ0) is 22.6. The second-order valence-corrected chi connectivity index (χ2v) is 8.70. The standard InChI is InChI=1S/C22H19ClN2O5S/c1-14-10-11-20(18(23)12-14)25-31(28,29)16-7-5-6-15(13-16)21(26)24-19-9-4-3-8-17(19)22(27)30-2/h3-13,25H,1-2H3,(H,24,26). The number of methoxy groups -OCH3 is 1. The third kappa shape index (κ3) is 5.22. The average Bonchev–Trinajstić information content (AvgIpc) is 2.75. The number of sulfonamides is 1. The Hall–Kier alpha value is -3.36. The van der Waals surface area contributed by atoms with E-state index in [0.717, 1.165) is 5.56 Å². The molecule has 0 atom stereocenters. The van der Waals surface area contributed by atoms with Crippen LogP contribution in [0.3, 0.4) is 0 Å². The average molecular weight is 459 g/mol. The molecule has 7 nitrogen and oxygen atoms in total. The first-order valence-corrected chi connectivity index (χ1v) is 10.9. The Bertz CT molecular complexity index is 1260. The van der Waals surface area contributed by atoms with Crippen LogP contribution in [0.15, 0.2) is 71.6 Å². The Kier molecular flexibility index (Phi) is 6.62. The number of ether oxygens (including phenoxy) is 1. The highest BCUT2D eigenvalue weighted by Crippen LogP contribution is 2.26. The van der Waals surface area contributed by atoms with Crippen LogP contribution < -0.4 is 10.0 Å². The molecule has 0 unspecified atom stereocenters. The van der Waals surface area contributed by atoms with Gasteiger partial charge in [0.05, 0.1) is 34.0 Å². The molecule has 3 rings (SSSR count). The second-order valence-electron chi connectivity index (χ2n) is 6.61. The maximum absolute atomic E-state index is 12.8. The predicted octanol–water partition coefficient (Wildman–Crippen LogP) is 4.49. The number of anilines is 2. The third-order valence-corrected chi connectivity index (χ3v) is 6.03. The normalized spacial score (nSPS) is 10.9. The van der Waals surface area contributed by atoms with Gasteiger partial charge in [-0.15, -0.1) is 0 Å². The Balaban J connectivity index is 1.86. The quantitative estimate of drug-likeness (QED) is 0.530. The van der Waals surface area contributed by atoms with Crippen molar-refractivity contribution in [3.63, 3.8) is 0 Å². The zero-order valence-corrected chi connectivity index (χ0v) is 18.3. The van der Waals surface area contributed by atoms with Gasteiger partial charge in [-0.1, -0.05) is 35.9 Å². The zero-order valence-electron chi connectivity index (χ0n) is 16.7. The van der Waals surface area contributed by atoms with Crippen molar-refractivity contribution in [3.05, 3.63) is 88.4 Å². The molecule has 2 N–H and O–H groups in total. The van der Waals surface area contributed by atoms with Crippen LogP contribution in [0.1, 0.15) is 26.3 Å². The Morgan fingerprint density at radius 2 is 1.68 bits per heavy atom. The molecule has 31 heavy (non-hydrogen) atoms. The molecular weight excluding hydrogens is 440 g/mol. The van der Waals surface area contributed by atoms with Crippen molar-refractivity contribution in [2.45, 2.75) is 11.8 Å². The van der Waals surface area contributed by atoms with E-state index in [-0.39, 0.29) is 32.4 Å². The molecule has 3 aromatic carbocycles. The van der Waals surface area contributed by atoms with Gasteiger partial charge in [0.2, 0.25) is 0 Å². The number of para-hydroxylation sites is 1. The maximum Gasteiger partial charge on any atom is 0.339 e. The molecule has 0 spiro atoms. The highest BCUT2D eigenvalue weighted by atomic mass is 35.5. The summed E-state index contributed by atoms with van der Waals surface area (Å²) in [6, 6.07) is 16.8. The van der Waals surface area contributed by atoms with Crippen LogP contribution in [-0.4, -0.2) is 27.4 Å². The van der Waals surface area contributed by atoms with Crippen LogP contribution in [-0.2, 0) is 14.8 Å². The number of benzene rings is 3. The van der Waals surface area contributed by atoms with Crippen molar-refractivity contribution in [2.75, 3.05) is 17.1 Å². The summed E-state index contributed by atoms with van der Waals surface area (Å²) in [5.41, 5.74) is 1.64. The second kappa shape index (κ2) is 9.20. The molecule has 0 aromatic heterocycles. The van der Waals surface area contributed by atoms with Gasteiger partial charge in [-0.25, -0.2) is 13.2 Å². The summed E-state index contributed by atoms with van der Waals surface area (Å²) in [4.78, 5) is 24.5. The van der Waals surface area contributed by atoms with Crippen molar-refractivity contribution >= 4 is 44.9 Å². The summed E-state index contributed by atoms with van der Waals surface area (Å²) in [5, 5.41) is 2.87. The highest BCUT2D eigenvalue weighted by molar-refractivity contribution is 7.92. The molecule has 0 bridgehead atoms. The first-order valence-electron chi connectivity index (χ1n) is 9.09. The van der Waals surface area contributed by atoms with E-state index in [1.54, 1.807) is 36.4 Å². The summed E-state index contributed by atoms with van der Waals surface area (Å²) < 4.78 is 32.7. The van der Waals surface area contributed by atoms with Crippen LogP contribution in [0.4, 0.5) is 11.4 Å². The van der Waals surface area contributed by atoms with Crippen LogP contribution in [0.2, 0.25) is 5.02 Å². The molecule has 1 amide bonds. The fourth-order valence-corrected chi connectivity index (χ4v) is 4.25. The number of nitrogens with one attached hydrogen (secondary N) is 2. The number of hydrogen-bond donors (Lipinski definition) is 2. The summed E-state index contributed by atoms with van der Waals surface area (Å²) in [5.74, 6) is -1.19.